The van der Waals surface area contributed by atoms with Gasteiger partial charge in [0.05, 0.1) is 5.39 Å². The second kappa shape index (κ2) is 8.85. The van der Waals surface area contributed by atoms with E-state index in [4.69, 9.17) is 13.9 Å². The van der Waals surface area contributed by atoms with Crippen LogP contribution in [0.15, 0.2) is 82.1 Å². The van der Waals surface area contributed by atoms with Gasteiger partial charge in [0.25, 0.3) is 0 Å². The largest absolute Gasteiger partial charge is 0.457 e. The predicted molar refractivity (Wildman–Crippen MR) is 124 cm³/mol. The number of benzene rings is 2. The van der Waals surface area contributed by atoms with Crippen LogP contribution in [0.1, 0.15) is 12.8 Å². The topological polar surface area (TPSA) is 64.8 Å². The maximum atomic E-state index is 13.0. The van der Waals surface area contributed by atoms with Crippen molar-refractivity contribution in [3.63, 3.8) is 0 Å². The molecule has 6 nitrogen and oxygen atoms in total. The SMILES string of the molecule is CN(c1cc(=O)c2ccnc(-c3ccccc3Oc3ccccc3)c2o1)C1CCOCC1. The minimum Gasteiger partial charge on any atom is -0.457 e. The van der Waals surface area contributed by atoms with Gasteiger partial charge in [-0.15, -0.1) is 0 Å². The Morgan fingerprint density at radius 2 is 1.75 bits per heavy atom. The van der Waals surface area contributed by atoms with Crippen molar-refractivity contribution in [2.24, 2.45) is 0 Å². The lowest BCUT2D eigenvalue weighted by Gasteiger charge is -2.31. The molecule has 6 heteroatoms. The molecule has 0 spiro atoms. The molecular weight excluding hydrogens is 404 g/mol. The van der Waals surface area contributed by atoms with E-state index in [9.17, 15) is 4.79 Å². The van der Waals surface area contributed by atoms with E-state index in [0.717, 1.165) is 24.2 Å². The average Bonchev–Trinajstić information content (AvgIpc) is 2.85. The first-order valence-electron chi connectivity index (χ1n) is 10.8. The van der Waals surface area contributed by atoms with Gasteiger partial charge in [-0.25, -0.2) is 0 Å². The fraction of sp³-hybridized carbons (Fsp3) is 0.231. The molecule has 0 radical (unpaired) electrons. The van der Waals surface area contributed by atoms with Gasteiger partial charge in [0, 0.05) is 44.1 Å². The van der Waals surface area contributed by atoms with Crippen LogP contribution in [0.4, 0.5) is 5.88 Å². The van der Waals surface area contributed by atoms with Crippen LogP contribution in [-0.2, 0) is 4.74 Å². The van der Waals surface area contributed by atoms with Gasteiger partial charge in [-0.2, -0.15) is 0 Å². The maximum absolute atomic E-state index is 13.0. The van der Waals surface area contributed by atoms with E-state index in [1.807, 2.05) is 66.5 Å². The van der Waals surface area contributed by atoms with E-state index in [2.05, 4.69) is 4.98 Å². The zero-order valence-electron chi connectivity index (χ0n) is 17.9. The summed E-state index contributed by atoms with van der Waals surface area (Å²) in [5, 5.41) is 0.494. The average molecular weight is 428 g/mol. The highest BCUT2D eigenvalue weighted by Gasteiger charge is 2.22. The maximum Gasteiger partial charge on any atom is 0.200 e. The lowest BCUT2D eigenvalue weighted by atomic mass is 10.1. The molecule has 4 aromatic rings. The molecule has 0 unspecified atom stereocenters. The van der Waals surface area contributed by atoms with Crippen molar-refractivity contribution < 1.29 is 13.9 Å². The van der Waals surface area contributed by atoms with Gasteiger partial charge < -0.3 is 18.8 Å². The summed E-state index contributed by atoms with van der Waals surface area (Å²) < 4.78 is 17.9. The molecule has 1 fully saturated rings. The summed E-state index contributed by atoms with van der Waals surface area (Å²) in [6.45, 7) is 1.42. The molecule has 0 N–H and O–H groups in total. The Bertz CT molecular complexity index is 1280. The number of rotatable bonds is 5. The van der Waals surface area contributed by atoms with Gasteiger partial charge in [-0.05, 0) is 43.2 Å². The predicted octanol–water partition coefficient (Wildman–Crippen LogP) is 5.26. The van der Waals surface area contributed by atoms with Crippen molar-refractivity contribution in [1.82, 2.24) is 4.98 Å². The number of hydrogen-bond donors (Lipinski definition) is 0. The van der Waals surface area contributed by atoms with Gasteiger partial charge in [-0.3, -0.25) is 9.78 Å². The van der Waals surface area contributed by atoms with E-state index < -0.39 is 0 Å². The molecule has 1 aliphatic rings. The zero-order chi connectivity index (χ0) is 21.9. The number of para-hydroxylation sites is 2. The molecular formula is C26H24N2O4. The van der Waals surface area contributed by atoms with Crippen molar-refractivity contribution in [2.75, 3.05) is 25.2 Å². The van der Waals surface area contributed by atoms with Crippen LogP contribution >= 0.6 is 0 Å². The number of pyridine rings is 1. The van der Waals surface area contributed by atoms with Gasteiger partial charge in [0.1, 0.15) is 17.2 Å². The molecule has 2 aromatic heterocycles. The highest BCUT2D eigenvalue weighted by molar-refractivity contribution is 5.91. The molecule has 1 saturated heterocycles. The number of anilines is 1. The Labute approximate surface area is 186 Å². The number of fused-ring (bicyclic) bond motifs is 1. The van der Waals surface area contributed by atoms with Crippen LogP contribution in [0.3, 0.4) is 0 Å². The minimum atomic E-state index is -0.0923. The summed E-state index contributed by atoms with van der Waals surface area (Å²) in [4.78, 5) is 19.6. The molecule has 0 amide bonds. The third-order valence-corrected chi connectivity index (χ3v) is 5.83. The highest BCUT2D eigenvalue weighted by Crippen LogP contribution is 2.36. The summed E-state index contributed by atoms with van der Waals surface area (Å²) in [5.74, 6) is 1.90. The van der Waals surface area contributed by atoms with Gasteiger partial charge in [0.2, 0.25) is 0 Å². The molecule has 0 bridgehead atoms. The van der Waals surface area contributed by atoms with Crippen molar-refractivity contribution >= 4 is 16.9 Å². The smallest absolute Gasteiger partial charge is 0.200 e. The number of nitrogens with zero attached hydrogens (tertiary/aromatic N) is 2. The molecule has 2 aromatic carbocycles. The quantitative estimate of drug-likeness (QED) is 0.432. The van der Waals surface area contributed by atoms with Gasteiger partial charge in [0.15, 0.2) is 16.9 Å². The van der Waals surface area contributed by atoms with Crippen LogP contribution in [0.25, 0.3) is 22.2 Å². The molecule has 5 rings (SSSR count). The van der Waals surface area contributed by atoms with Crippen molar-refractivity contribution in [3.8, 4) is 22.8 Å². The van der Waals surface area contributed by atoms with Crippen LogP contribution in [-0.4, -0.2) is 31.3 Å². The lowest BCUT2D eigenvalue weighted by Crippen LogP contribution is -2.37. The summed E-state index contributed by atoms with van der Waals surface area (Å²) in [6, 6.07) is 20.7. The summed E-state index contributed by atoms with van der Waals surface area (Å²) >= 11 is 0. The minimum absolute atomic E-state index is 0.0923. The van der Waals surface area contributed by atoms with E-state index in [0.29, 0.717) is 41.5 Å². The molecule has 0 saturated carbocycles. The van der Waals surface area contributed by atoms with E-state index >= 15 is 0 Å². The fourth-order valence-corrected chi connectivity index (χ4v) is 4.05. The molecule has 32 heavy (non-hydrogen) atoms. The van der Waals surface area contributed by atoms with E-state index in [1.165, 1.54) is 0 Å². The summed E-state index contributed by atoms with van der Waals surface area (Å²) in [7, 11) is 1.96. The standard InChI is InChI=1S/C26H24N2O4/c1-28(18-12-15-30-16-13-18)24-17-22(29)20-11-14-27-25(26(20)32-24)21-9-5-6-10-23(21)31-19-7-3-2-4-8-19/h2-11,14,17-18H,12-13,15-16H2,1H3. The first-order chi connectivity index (χ1) is 15.7. The van der Waals surface area contributed by atoms with Crippen molar-refractivity contribution in [1.29, 1.82) is 0 Å². The Balaban J connectivity index is 1.61. The number of hydrogen-bond acceptors (Lipinski definition) is 6. The van der Waals surface area contributed by atoms with Gasteiger partial charge >= 0.3 is 0 Å². The molecule has 0 aliphatic carbocycles. The third kappa shape index (κ3) is 3.97. The second-order valence-electron chi connectivity index (χ2n) is 7.85. The monoisotopic (exact) mass is 428 g/mol. The summed E-state index contributed by atoms with van der Waals surface area (Å²) in [6.07, 6.45) is 3.42. The Morgan fingerprint density at radius 1 is 1.00 bits per heavy atom. The number of aromatic nitrogens is 1. The van der Waals surface area contributed by atoms with Crippen molar-refractivity contribution in [3.05, 3.63) is 83.2 Å². The highest BCUT2D eigenvalue weighted by atomic mass is 16.5. The first kappa shape index (κ1) is 20.3. The Morgan fingerprint density at radius 3 is 2.56 bits per heavy atom. The zero-order valence-corrected chi connectivity index (χ0v) is 17.9. The van der Waals surface area contributed by atoms with E-state index in [1.54, 1.807) is 18.3 Å². The Hall–Kier alpha value is -3.64. The molecule has 0 atom stereocenters. The molecule has 3 heterocycles. The van der Waals surface area contributed by atoms with Crippen LogP contribution in [0.2, 0.25) is 0 Å². The molecule has 1 aliphatic heterocycles. The normalized spacial score (nSPS) is 14.4. The first-order valence-corrected chi connectivity index (χ1v) is 10.8. The van der Waals surface area contributed by atoms with Crippen molar-refractivity contribution in [2.45, 2.75) is 18.9 Å². The number of ether oxygens (including phenoxy) is 2. The second-order valence-corrected chi connectivity index (χ2v) is 7.85. The van der Waals surface area contributed by atoms with E-state index in [-0.39, 0.29) is 11.5 Å². The van der Waals surface area contributed by atoms with Gasteiger partial charge in [-0.1, -0.05) is 30.3 Å². The molecule has 162 valence electrons. The lowest BCUT2D eigenvalue weighted by molar-refractivity contribution is 0.0848. The fourth-order valence-electron chi connectivity index (χ4n) is 4.05. The van der Waals surface area contributed by atoms with Crippen LogP contribution < -0.4 is 15.1 Å². The third-order valence-electron chi connectivity index (χ3n) is 5.83. The van der Waals surface area contributed by atoms with Crippen LogP contribution in [0, 0.1) is 0 Å². The Kier molecular flexibility index (Phi) is 5.60. The van der Waals surface area contributed by atoms with Crippen LogP contribution in [0.5, 0.6) is 11.5 Å². The summed E-state index contributed by atoms with van der Waals surface area (Å²) in [5.41, 5.74) is 1.70.